The number of nitrogens with one attached hydrogen (secondary N) is 1. The predicted octanol–water partition coefficient (Wildman–Crippen LogP) is 2.28. The molecule has 1 aromatic heterocycles. The Bertz CT molecular complexity index is 694. The Morgan fingerprint density at radius 3 is 2.88 bits per heavy atom. The van der Waals surface area contributed by atoms with Crippen molar-refractivity contribution in [3.8, 4) is 11.6 Å². The van der Waals surface area contributed by atoms with E-state index in [-0.39, 0.29) is 12.1 Å². The maximum atomic E-state index is 12.4. The summed E-state index contributed by atoms with van der Waals surface area (Å²) in [6.07, 6.45) is 5.69. The van der Waals surface area contributed by atoms with Crippen LogP contribution in [0.3, 0.4) is 0 Å². The van der Waals surface area contributed by atoms with Crippen molar-refractivity contribution in [2.45, 2.75) is 25.4 Å². The Labute approximate surface area is 153 Å². The highest BCUT2D eigenvalue weighted by Crippen LogP contribution is 2.16. The van der Waals surface area contributed by atoms with E-state index in [1.807, 2.05) is 29.2 Å². The lowest BCUT2D eigenvalue weighted by atomic mass is 10.1. The van der Waals surface area contributed by atoms with E-state index in [0.29, 0.717) is 19.0 Å². The molecule has 1 aliphatic heterocycles. The topological polar surface area (TPSA) is 76.6 Å². The number of rotatable bonds is 6. The zero-order valence-electron chi connectivity index (χ0n) is 14.9. The van der Waals surface area contributed by atoms with Gasteiger partial charge in [0.1, 0.15) is 18.2 Å². The zero-order chi connectivity index (χ0) is 18.2. The molecule has 1 fully saturated rings. The smallest absolute Gasteiger partial charge is 0.317 e. The number of carbonyl (C=O) groups excluding carboxylic acids is 1. The van der Waals surface area contributed by atoms with Gasteiger partial charge in [-0.05, 0) is 37.0 Å². The minimum Gasteiger partial charge on any atom is -0.497 e. The van der Waals surface area contributed by atoms with Gasteiger partial charge in [0.05, 0.1) is 13.7 Å². The van der Waals surface area contributed by atoms with Crippen LogP contribution in [0.5, 0.6) is 11.6 Å². The summed E-state index contributed by atoms with van der Waals surface area (Å²) in [6.45, 7) is 1.91. The third-order valence-electron chi connectivity index (χ3n) is 4.36. The number of nitrogens with zero attached hydrogens (tertiary/aromatic N) is 3. The second-order valence-corrected chi connectivity index (χ2v) is 6.21. The maximum Gasteiger partial charge on any atom is 0.317 e. The first-order chi connectivity index (χ1) is 12.7. The van der Waals surface area contributed by atoms with E-state index in [9.17, 15) is 4.79 Å². The third-order valence-corrected chi connectivity index (χ3v) is 4.36. The van der Waals surface area contributed by atoms with Crippen molar-refractivity contribution in [2.24, 2.45) is 0 Å². The molecule has 1 atom stereocenters. The molecule has 3 rings (SSSR count). The van der Waals surface area contributed by atoms with E-state index in [4.69, 9.17) is 9.47 Å². The van der Waals surface area contributed by atoms with Crippen molar-refractivity contribution in [3.05, 3.63) is 48.4 Å². The fourth-order valence-electron chi connectivity index (χ4n) is 2.96. The quantitative estimate of drug-likeness (QED) is 0.859. The van der Waals surface area contributed by atoms with Gasteiger partial charge < -0.3 is 19.7 Å². The van der Waals surface area contributed by atoms with Crippen LogP contribution < -0.4 is 14.8 Å². The molecule has 1 unspecified atom stereocenters. The van der Waals surface area contributed by atoms with Crippen LogP contribution in [0.15, 0.2) is 42.9 Å². The summed E-state index contributed by atoms with van der Waals surface area (Å²) >= 11 is 0. The standard InChI is InChI=1S/C19H24N4O3/c1-25-16-6-4-15(5-7-16)8-11-21-19(24)23-12-2-3-17(13-23)26-18-9-10-20-14-22-18/h4-7,9-10,14,17H,2-3,8,11-13H2,1H3,(H,21,24). The number of urea groups is 1. The predicted molar refractivity (Wildman–Crippen MR) is 97.4 cm³/mol. The van der Waals surface area contributed by atoms with Gasteiger partial charge in [-0.2, -0.15) is 0 Å². The van der Waals surface area contributed by atoms with Crippen LogP contribution in [0.2, 0.25) is 0 Å². The summed E-state index contributed by atoms with van der Waals surface area (Å²) in [6, 6.07) is 9.56. The zero-order valence-corrected chi connectivity index (χ0v) is 14.9. The molecule has 26 heavy (non-hydrogen) atoms. The fourth-order valence-corrected chi connectivity index (χ4v) is 2.96. The van der Waals surface area contributed by atoms with Crippen LogP contribution in [0.4, 0.5) is 4.79 Å². The highest BCUT2D eigenvalue weighted by Gasteiger charge is 2.24. The number of amides is 2. The highest BCUT2D eigenvalue weighted by atomic mass is 16.5. The van der Waals surface area contributed by atoms with Crippen LogP contribution >= 0.6 is 0 Å². The average molecular weight is 356 g/mol. The molecule has 138 valence electrons. The van der Waals surface area contributed by atoms with E-state index in [1.54, 1.807) is 19.4 Å². The second-order valence-electron chi connectivity index (χ2n) is 6.21. The molecule has 0 radical (unpaired) electrons. The van der Waals surface area contributed by atoms with Crippen molar-refractivity contribution in [2.75, 3.05) is 26.7 Å². The minimum atomic E-state index is -0.0468. The summed E-state index contributed by atoms with van der Waals surface area (Å²) in [4.78, 5) is 22.2. The Hall–Kier alpha value is -2.83. The molecule has 7 nitrogen and oxygen atoms in total. The minimum absolute atomic E-state index is 0.0361. The van der Waals surface area contributed by atoms with Crippen molar-refractivity contribution in [1.29, 1.82) is 0 Å². The molecule has 2 heterocycles. The number of carbonyl (C=O) groups is 1. The summed E-state index contributed by atoms with van der Waals surface area (Å²) in [5, 5.41) is 2.99. The number of aromatic nitrogens is 2. The van der Waals surface area contributed by atoms with Crippen LogP contribution in [0, 0.1) is 0 Å². The Balaban J connectivity index is 1.43. The number of likely N-dealkylation sites (tertiary alicyclic amines) is 1. The monoisotopic (exact) mass is 356 g/mol. The van der Waals surface area contributed by atoms with Gasteiger partial charge in [0.25, 0.3) is 0 Å². The fraction of sp³-hybridized carbons (Fsp3) is 0.421. The van der Waals surface area contributed by atoms with Gasteiger partial charge in [-0.3, -0.25) is 0 Å². The number of ether oxygens (including phenoxy) is 2. The van der Waals surface area contributed by atoms with Crippen molar-refractivity contribution < 1.29 is 14.3 Å². The van der Waals surface area contributed by atoms with Gasteiger partial charge in [-0.1, -0.05) is 12.1 Å². The van der Waals surface area contributed by atoms with Gasteiger partial charge in [-0.25, -0.2) is 14.8 Å². The van der Waals surface area contributed by atoms with Crippen molar-refractivity contribution >= 4 is 6.03 Å². The molecule has 1 aliphatic rings. The van der Waals surface area contributed by atoms with Crippen LogP contribution in [0.1, 0.15) is 18.4 Å². The molecule has 2 amide bonds. The molecule has 0 aliphatic carbocycles. The molecule has 7 heteroatoms. The van der Waals surface area contributed by atoms with E-state index in [1.165, 1.54) is 6.33 Å². The first-order valence-electron chi connectivity index (χ1n) is 8.83. The first kappa shape index (κ1) is 18.0. The molecule has 0 spiro atoms. The third kappa shape index (κ3) is 5.08. The summed E-state index contributed by atoms with van der Waals surface area (Å²) in [5.41, 5.74) is 1.16. The molecule has 1 N–H and O–H groups in total. The normalized spacial score (nSPS) is 16.8. The number of piperidine rings is 1. The number of hydrogen-bond donors (Lipinski definition) is 1. The van der Waals surface area contributed by atoms with Gasteiger partial charge in [-0.15, -0.1) is 0 Å². The maximum absolute atomic E-state index is 12.4. The van der Waals surface area contributed by atoms with Gasteiger partial charge in [0.15, 0.2) is 0 Å². The van der Waals surface area contributed by atoms with Crippen LogP contribution in [-0.4, -0.2) is 53.7 Å². The SMILES string of the molecule is COc1ccc(CCNC(=O)N2CCCC(Oc3ccncn3)C2)cc1. The van der Waals surface area contributed by atoms with Crippen LogP contribution in [-0.2, 0) is 6.42 Å². The van der Waals surface area contributed by atoms with Crippen LogP contribution in [0.25, 0.3) is 0 Å². The van der Waals surface area contributed by atoms with E-state index in [2.05, 4.69) is 15.3 Å². The number of hydrogen-bond acceptors (Lipinski definition) is 5. The lowest BCUT2D eigenvalue weighted by Crippen LogP contribution is -2.49. The lowest BCUT2D eigenvalue weighted by Gasteiger charge is -2.32. The van der Waals surface area contributed by atoms with Crippen molar-refractivity contribution in [1.82, 2.24) is 20.2 Å². The number of methoxy groups -OCH3 is 1. The summed E-state index contributed by atoms with van der Waals surface area (Å²) < 4.78 is 11.0. The van der Waals surface area contributed by atoms with Gasteiger partial charge >= 0.3 is 6.03 Å². The molecule has 1 aromatic carbocycles. The molecule has 0 saturated carbocycles. The van der Waals surface area contributed by atoms with Gasteiger partial charge in [0.2, 0.25) is 5.88 Å². The molecule has 0 bridgehead atoms. The molecule has 2 aromatic rings. The Morgan fingerprint density at radius 2 is 2.15 bits per heavy atom. The van der Waals surface area contributed by atoms with Gasteiger partial charge in [0, 0.05) is 25.4 Å². The highest BCUT2D eigenvalue weighted by molar-refractivity contribution is 5.74. The average Bonchev–Trinajstić information content (AvgIpc) is 2.69. The molecular weight excluding hydrogens is 332 g/mol. The van der Waals surface area contributed by atoms with E-state index in [0.717, 1.165) is 37.1 Å². The molecular formula is C19H24N4O3. The Morgan fingerprint density at radius 1 is 1.31 bits per heavy atom. The largest absolute Gasteiger partial charge is 0.497 e. The lowest BCUT2D eigenvalue weighted by molar-refractivity contribution is 0.0978. The number of benzene rings is 1. The van der Waals surface area contributed by atoms with E-state index < -0.39 is 0 Å². The second kappa shape index (κ2) is 9.03. The first-order valence-corrected chi connectivity index (χ1v) is 8.83. The summed E-state index contributed by atoms with van der Waals surface area (Å²) in [7, 11) is 1.65. The van der Waals surface area contributed by atoms with E-state index >= 15 is 0 Å². The Kier molecular flexibility index (Phi) is 6.24. The van der Waals surface area contributed by atoms with Crippen molar-refractivity contribution in [3.63, 3.8) is 0 Å². The molecule has 1 saturated heterocycles. The summed E-state index contributed by atoms with van der Waals surface area (Å²) in [5.74, 6) is 1.38.